The van der Waals surface area contributed by atoms with Crippen molar-refractivity contribution in [2.24, 2.45) is 14.1 Å². The Balaban J connectivity index is 1.85. The Labute approximate surface area is 152 Å². The van der Waals surface area contributed by atoms with E-state index in [-0.39, 0.29) is 12.4 Å². The molecule has 2 rings (SSSR count). The summed E-state index contributed by atoms with van der Waals surface area (Å²) in [6, 6.07) is 7.45. The fourth-order valence-corrected chi connectivity index (χ4v) is 2.02. The van der Waals surface area contributed by atoms with Crippen LogP contribution in [0.1, 0.15) is 0 Å². The number of hydrogen-bond acceptors (Lipinski definition) is 6. The molecular formula is C16H16ClN3O6. The number of ether oxygens (including phenoxy) is 2. The largest absolute Gasteiger partial charge is 0.482 e. The van der Waals surface area contributed by atoms with E-state index in [1.165, 1.54) is 14.1 Å². The lowest BCUT2D eigenvalue weighted by Gasteiger charge is -2.11. The van der Waals surface area contributed by atoms with Crippen molar-refractivity contribution in [3.63, 3.8) is 0 Å². The second kappa shape index (κ2) is 8.34. The Morgan fingerprint density at radius 3 is 2.38 bits per heavy atom. The molecule has 0 spiro atoms. The predicted molar refractivity (Wildman–Crippen MR) is 93.5 cm³/mol. The average molecular weight is 382 g/mol. The van der Waals surface area contributed by atoms with Gasteiger partial charge in [-0.05, 0) is 24.3 Å². The van der Waals surface area contributed by atoms with E-state index >= 15 is 0 Å². The monoisotopic (exact) mass is 381 g/mol. The average Bonchev–Trinajstić information content (AvgIpc) is 2.62. The topological polar surface area (TPSA) is 109 Å². The van der Waals surface area contributed by atoms with Crippen molar-refractivity contribution in [2.45, 2.75) is 0 Å². The van der Waals surface area contributed by atoms with E-state index in [1.807, 2.05) is 0 Å². The van der Waals surface area contributed by atoms with Crippen LogP contribution >= 0.6 is 11.6 Å². The molecule has 0 radical (unpaired) electrons. The normalized spacial score (nSPS) is 10.3. The van der Waals surface area contributed by atoms with Crippen LogP contribution in [-0.2, 0) is 28.4 Å². The number of rotatable bonds is 6. The molecule has 0 saturated carbocycles. The highest BCUT2D eigenvalue weighted by Gasteiger charge is 2.12. The van der Waals surface area contributed by atoms with Gasteiger partial charge in [-0.3, -0.25) is 18.7 Å². The standard InChI is InChI=1S/C16H16ClN3O6/c1-19-12(7-14(22)20(2)16(19)24)18-13(21)8-26-15(23)9-25-11-5-3-10(17)4-6-11/h3-7H,8-9H2,1-2H3,(H,18,21). The van der Waals surface area contributed by atoms with Crippen molar-refractivity contribution in [1.29, 1.82) is 0 Å². The summed E-state index contributed by atoms with van der Waals surface area (Å²) in [4.78, 5) is 46.8. The molecular weight excluding hydrogens is 366 g/mol. The lowest BCUT2D eigenvalue weighted by Crippen LogP contribution is -2.38. The van der Waals surface area contributed by atoms with Crippen molar-refractivity contribution in [2.75, 3.05) is 18.5 Å². The number of carbonyl (C=O) groups is 2. The molecule has 0 saturated heterocycles. The summed E-state index contributed by atoms with van der Waals surface area (Å²) in [5, 5.41) is 2.86. The fourth-order valence-electron chi connectivity index (χ4n) is 1.89. The van der Waals surface area contributed by atoms with Crippen LogP contribution in [0.3, 0.4) is 0 Å². The Hall–Kier alpha value is -3.07. The lowest BCUT2D eigenvalue weighted by molar-refractivity contribution is -0.149. The number of nitrogens with one attached hydrogen (secondary N) is 1. The van der Waals surface area contributed by atoms with Gasteiger partial charge in [0, 0.05) is 25.2 Å². The fraction of sp³-hybridized carbons (Fsp3) is 0.250. The van der Waals surface area contributed by atoms with Gasteiger partial charge in [-0.15, -0.1) is 0 Å². The van der Waals surface area contributed by atoms with Crippen molar-refractivity contribution >= 4 is 29.3 Å². The number of nitrogens with zero attached hydrogens (tertiary/aromatic N) is 2. The highest BCUT2D eigenvalue weighted by molar-refractivity contribution is 6.30. The van der Waals surface area contributed by atoms with Gasteiger partial charge < -0.3 is 14.8 Å². The van der Waals surface area contributed by atoms with E-state index in [0.717, 1.165) is 15.2 Å². The van der Waals surface area contributed by atoms with E-state index in [1.54, 1.807) is 24.3 Å². The second-order valence-corrected chi connectivity index (χ2v) is 5.66. The lowest BCUT2D eigenvalue weighted by atomic mass is 10.3. The van der Waals surface area contributed by atoms with Gasteiger partial charge in [0.25, 0.3) is 11.5 Å². The third kappa shape index (κ3) is 4.96. The van der Waals surface area contributed by atoms with Gasteiger partial charge >= 0.3 is 11.7 Å². The van der Waals surface area contributed by atoms with E-state index < -0.39 is 29.7 Å². The minimum Gasteiger partial charge on any atom is -0.482 e. The van der Waals surface area contributed by atoms with Crippen molar-refractivity contribution in [3.05, 3.63) is 56.2 Å². The van der Waals surface area contributed by atoms with E-state index in [4.69, 9.17) is 21.1 Å². The summed E-state index contributed by atoms with van der Waals surface area (Å²) in [7, 11) is 2.71. The van der Waals surface area contributed by atoms with E-state index in [2.05, 4.69) is 5.32 Å². The molecule has 0 unspecified atom stereocenters. The van der Waals surface area contributed by atoms with Gasteiger partial charge in [-0.1, -0.05) is 11.6 Å². The molecule has 10 heteroatoms. The number of carbonyl (C=O) groups excluding carboxylic acids is 2. The molecule has 0 aliphatic heterocycles. The highest BCUT2D eigenvalue weighted by Crippen LogP contribution is 2.15. The molecule has 0 atom stereocenters. The zero-order valence-electron chi connectivity index (χ0n) is 14.0. The number of anilines is 1. The first-order valence-corrected chi connectivity index (χ1v) is 7.76. The minimum absolute atomic E-state index is 0.00318. The number of esters is 1. The molecule has 0 aliphatic carbocycles. The van der Waals surface area contributed by atoms with Gasteiger partial charge in [-0.2, -0.15) is 0 Å². The molecule has 2 aromatic rings. The number of amides is 1. The molecule has 0 aliphatic rings. The number of benzene rings is 1. The summed E-state index contributed by atoms with van der Waals surface area (Å²) in [5.74, 6) is -1.04. The van der Waals surface area contributed by atoms with Crippen molar-refractivity contribution in [3.8, 4) is 5.75 Å². The predicted octanol–water partition coefficient (Wildman–Crippen LogP) is 0.298. The number of hydrogen-bond donors (Lipinski definition) is 1. The first-order valence-electron chi connectivity index (χ1n) is 7.39. The molecule has 9 nitrogen and oxygen atoms in total. The molecule has 0 fully saturated rings. The smallest absolute Gasteiger partial charge is 0.344 e. The summed E-state index contributed by atoms with van der Waals surface area (Å²) >= 11 is 5.73. The molecule has 138 valence electrons. The Morgan fingerprint density at radius 1 is 1.08 bits per heavy atom. The van der Waals surface area contributed by atoms with Crippen LogP contribution in [0.15, 0.2) is 39.9 Å². The van der Waals surface area contributed by atoms with Crippen LogP contribution in [0.4, 0.5) is 5.82 Å². The van der Waals surface area contributed by atoms with Crippen LogP contribution in [0.5, 0.6) is 5.75 Å². The van der Waals surface area contributed by atoms with Gasteiger partial charge in [0.2, 0.25) is 0 Å². The quantitative estimate of drug-likeness (QED) is 0.721. The van der Waals surface area contributed by atoms with Crippen LogP contribution in [-0.4, -0.2) is 34.2 Å². The third-order valence-corrected chi connectivity index (χ3v) is 3.58. The number of aromatic nitrogens is 2. The van der Waals surface area contributed by atoms with Gasteiger partial charge in [-0.25, -0.2) is 9.59 Å². The second-order valence-electron chi connectivity index (χ2n) is 5.22. The third-order valence-electron chi connectivity index (χ3n) is 3.33. The molecule has 1 amide bonds. The van der Waals surface area contributed by atoms with Crippen molar-refractivity contribution < 1.29 is 19.1 Å². The molecule has 1 aromatic heterocycles. The van der Waals surface area contributed by atoms with Gasteiger partial charge in [0.05, 0.1) is 0 Å². The van der Waals surface area contributed by atoms with Crippen LogP contribution in [0, 0.1) is 0 Å². The zero-order valence-corrected chi connectivity index (χ0v) is 14.8. The maximum Gasteiger partial charge on any atom is 0.344 e. The molecule has 1 N–H and O–H groups in total. The summed E-state index contributed by atoms with van der Waals surface area (Å²) in [6.07, 6.45) is 0. The highest BCUT2D eigenvalue weighted by atomic mass is 35.5. The van der Waals surface area contributed by atoms with Crippen LogP contribution in [0.2, 0.25) is 5.02 Å². The van der Waals surface area contributed by atoms with Crippen LogP contribution in [0.25, 0.3) is 0 Å². The molecule has 26 heavy (non-hydrogen) atoms. The van der Waals surface area contributed by atoms with E-state index in [9.17, 15) is 19.2 Å². The van der Waals surface area contributed by atoms with Crippen molar-refractivity contribution in [1.82, 2.24) is 9.13 Å². The molecule has 1 aromatic carbocycles. The Kier molecular flexibility index (Phi) is 6.18. The molecule has 0 bridgehead atoms. The number of halogens is 1. The maximum atomic E-state index is 11.8. The Morgan fingerprint density at radius 2 is 1.73 bits per heavy atom. The van der Waals surface area contributed by atoms with Gasteiger partial charge in [0.1, 0.15) is 11.6 Å². The SMILES string of the molecule is Cn1c(NC(=O)COC(=O)COc2ccc(Cl)cc2)cc(=O)n(C)c1=O. The zero-order chi connectivity index (χ0) is 19.3. The first kappa shape index (κ1) is 19.3. The van der Waals surface area contributed by atoms with Gasteiger partial charge in [0.15, 0.2) is 13.2 Å². The minimum atomic E-state index is -0.757. The van der Waals surface area contributed by atoms with E-state index in [0.29, 0.717) is 10.8 Å². The first-order chi connectivity index (χ1) is 12.3. The maximum absolute atomic E-state index is 11.8. The molecule has 1 heterocycles. The summed E-state index contributed by atoms with van der Waals surface area (Å²) in [6.45, 7) is -0.981. The summed E-state index contributed by atoms with van der Waals surface area (Å²) < 4.78 is 11.9. The van der Waals surface area contributed by atoms with Crippen LogP contribution < -0.4 is 21.3 Å². The summed E-state index contributed by atoms with van der Waals surface area (Å²) in [5.41, 5.74) is -1.17. The Bertz CT molecular complexity index is 932.